The summed E-state index contributed by atoms with van der Waals surface area (Å²) in [5, 5.41) is 0. The number of hydrogen-bond donors (Lipinski definition) is 0. The Balaban J connectivity index is 1.66. The van der Waals surface area contributed by atoms with Crippen LogP contribution in [0.3, 0.4) is 0 Å². The highest BCUT2D eigenvalue weighted by Gasteiger charge is 2.07. The van der Waals surface area contributed by atoms with Gasteiger partial charge in [0.05, 0.1) is 24.4 Å². The van der Waals surface area contributed by atoms with Crippen LogP contribution in [0.4, 0.5) is 0 Å². The van der Waals surface area contributed by atoms with Crippen LogP contribution in [0.2, 0.25) is 0 Å². The van der Waals surface area contributed by atoms with Crippen LogP contribution in [0, 0.1) is 0 Å². The molecule has 0 saturated heterocycles. The average molecular weight is 389 g/mol. The zero-order valence-electron chi connectivity index (χ0n) is 14.9. The standard InChI is InChI=1S/C19H20N2O3S2/c1-21-16-9-6-14(24-3)12-17(16)26-19(21)20-18(22)10-11-25-15-7-4-13(23-2)5-8-15/h4-9,12H,10-11H2,1-3H3. The Morgan fingerprint density at radius 1 is 1.12 bits per heavy atom. The van der Waals surface area contributed by atoms with Gasteiger partial charge in [-0.15, -0.1) is 11.8 Å². The van der Waals surface area contributed by atoms with Gasteiger partial charge in [-0.1, -0.05) is 11.3 Å². The van der Waals surface area contributed by atoms with E-state index in [0.29, 0.717) is 17.0 Å². The molecule has 0 aliphatic heterocycles. The lowest BCUT2D eigenvalue weighted by Crippen LogP contribution is -2.13. The molecule has 0 atom stereocenters. The Morgan fingerprint density at radius 2 is 1.81 bits per heavy atom. The van der Waals surface area contributed by atoms with E-state index in [-0.39, 0.29) is 5.91 Å². The van der Waals surface area contributed by atoms with Crippen LogP contribution in [0.5, 0.6) is 11.5 Å². The molecular weight excluding hydrogens is 368 g/mol. The molecule has 1 aromatic heterocycles. The number of aromatic nitrogens is 1. The lowest BCUT2D eigenvalue weighted by atomic mass is 10.3. The van der Waals surface area contributed by atoms with Crippen LogP contribution in [0.15, 0.2) is 52.4 Å². The number of carbonyl (C=O) groups excluding carboxylic acids is 1. The number of nitrogens with zero attached hydrogens (tertiary/aromatic N) is 2. The van der Waals surface area contributed by atoms with E-state index in [1.165, 1.54) is 11.3 Å². The third kappa shape index (κ3) is 4.28. The molecule has 5 nitrogen and oxygen atoms in total. The van der Waals surface area contributed by atoms with Gasteiger partial charge in [-0.3, -0.25) is 4.79 Å². The summed E-state index contributed by atoms with van der Waals surface area (Å²) in [5.41, 5.74) is 1.04. The minimum atomic E-state index is -0.111. The molecule has 0 unspecified atom stereocenters. The van der Waals surface area contributed by atoms with Crippen molar-refractivity contribution in [2.75, 3.05) is 20.0 Å². The van der Waals surface area contributed by atoms with Crippen LogP contribution < -0.4 is 14.3 Å². The van der Waals surface area contributed by atoms with E-state index in [9.17, 15) is 4.79 Å². The molecule has 0 aliphatic rings. The molecule has 136 valence electrons. The van der Waals surface area contributed by atoms with Gasteiger partial charge in [0.15, 0.2) is 4.80 Å². The first kappa shape index (κ1) is 18.5. The van der Waals surface area contributed by atoms with Crippen molar-refractivity contribution in [1.82, 2.24) is 4.57 Å². The third-order valence-electron chi connectivity index (χ3n) is 3.88. The van der Waals surface area contributed by atoms with Crippen LogP contribution >= 0.6 is 23.1 Å². The normalized spacial score (nSPS) is 11.7. The SMILES string of the molecule is COc1ccc(SCCC(=O)N=c2sc3cc(OC)ccc3n2C)cc1. The molecule has 0 N–H and O–H groups in total. The highest BCUT2D eigenvalue weighted by Crippen LogP contribution is 2.23. The summed E-state index contributed by atoms with van der Waals surface area (Å²) in [6.07, 6.45) is 0.397. The molecule has 0 fully saturated rings. The number of carbonyl (C=O) groups is 1. The Morgan fingerprint density at radius 3 is 2.50 bits per heavy atom. The van der Waals surface area contributed by atoms with Gasteiger partial charge in [0.2, 0.25) is 5.91 Å². The van der Waals surface area contributed by atoms with Crippen molar-refractivity contribution >= 4 is 39.2 Å². The average Bonchev–Trinajstić information content (AvgIpc) is 2.97. The molecule has 0 aliphatic carbocycles. The number of methoxy groups -OCH3 is 2. The maximum Gasteiger partial charge on any atom is 0.249 e. The fourth-order valence-corrected chi connectivity index (χ4v) is 4.34. The predicted octanol–water partition coefficient (Wildman–Crippen LogP) is 3.87. The number of thioether (sulfide) groups is 1. The number of benzene rings is 2. The number of aryl methyl sites for hydroxylation is 1. The minimum absolute atomic E-state index is 0.111. The van der Waals surface area contributed by atoms with Gasteiger partial charge in [-0.2, -0.15) is 4.99 Å². The van der Waals surface area contributed by atoms with Gasteiger partial charge in [0.1, 0.15) is 11.5 Å². The van der Waals surface area contributed by atoms with Gasteiger partial charge in [-0.05, 0) is 42.5 Å². The van der Waals surface area contributed by atoms with Gasteiger partial charge in [-0.25, -0.2) is 0 Å². The number of ether oxygens (including phenoxy) is 2. The fraction of sp³-hybridized carbons (Fsp3) is 0.263. The van der Waals surface area contributed by atoms with Crippen LogP contribution in [-0.4, -0.2) is 30.4 Å². The summed E-state index contributed by atoms with van der Waals surface area (Å²) < 4.78 is 13.4. The molecule has 2 aromatic carbocycles. The molecule has 0 saturated carbocycles. The largest absolute Gasteiger partial charge is 0.497 e. The maximum absolute atomic E-state index is 12.2. The van der Waals surface area contributed by atoms with Gasteiger partial charge in [0, 0.05) is 24.1 Å². The second-order valence-electron chi connectivity index (χ2n) is 5.56. The van der Waals surface area contributed by atoms with E-state index in [1.54, 1.807) is 26.0 Å². The fourth-order valence-electron chi connectivity index (χ4n) is 2.44. The first-order valence-corrected chi connectivity index (χ1v) is 9.89. The van der Waals surface area contributed by atoms with E-state index in [4.69, 9.17) is 9.47 Å². The monoisotopic (exact) mass is 388 g/mol. The van der Waals surface area contributed by atoms with Crippen molar-refractivity contribution in [3.8, 4) is 11.5 Å². The summed E-state index contributed by atoms with van der Waals surface area (Å²) in [5.74, 6) is 2.21. The lowest BCUT2D eigenvalue weighted by molar-refractivity contribution is -0.117. The van der Waals surface area contributed by atoms with Crippen LogP contribution in [0.1, 0.15) is 6.42 Å². The Kier molecular flexibility index (Phi) is 6.00. The van der Waals surface area contributed by atoms with E-state index < -0.39 is 0 Å². The molecule has 3 rings (SSSR count). The Bertz CT molecular complexity index is 975. The number of amides is 1. The van der Waals surface area contributed by atoms with Gasteiger partial charge < -0.3 is 14.0 Å². The molecule has 0 radical (unpaired) electrons. The smallest absolute Gasteiger partial charge is 0.249 e. The number of thiazole rings is 1. The molecule has 0 spiro atoms. The highest BCUT2D eigenvalue weighted by atomic mass is 32.2. The van der Waals surface area contributed by atoms with Crippen molar-refractivity contribution in [1.29, 1.82) is 0 Å². The van der Waals surface area contributed by atoms with Crippen molar-refractivity contribution in [2.45, 2.75) is 11.3 Å². The number of rotatable bonds is 6. The van der Waals surface area contributed by atoms with E-state index in [0.717, 1.165) is 26.6 Å². The van der Waals surface area contributed by atoms with E-state index >= 15 is 0 Å². The van der Waals surface area contributed by atoms with Crippen LogP contribution in [0.25, 0.3) is 10.2 Å². The molecular formula is C19H20N2O3S2. The maximum atomic E-state index is 12.2. The molecule has 7 heteroatoms. The topological polar surface area (TPSA) is 52.8 Å². The van der Waals surface area contributed by atoms with Crippen molar-refractivity contribution in [2.24, 2.45) is 12.0 Å². The molecule has 3 aromatic rings. The Hall–Kier alpha value is -2.25. The minimum Gasteiger partial charge on any atom is -0.497 e. The summed E-state index contributed by atoms with van der Waals surface area (Å²) in [7, 11) is 5.21. The zero-order valence-corrected chi connectivity index (χ0v) is 16.5. The predicted molar refractivity (Wildman–Crippen MR) is 106 cm³/mol. The Labute approximate surface area is 160 Å². The van der Waals surface area contributed by atoms with Gasteiger partial charge >= 0.3 is 0 Å². The van der Waals surface area contributed by atoms with E-state index in [1.807, 2.05) is 54.1 Å². The third-order valence-corrected chi connectivity index (χ3v) is 5.99. The summed E-state index contributed by atoms with van der Waals surface area (Å²) >= 11 is 3.13. The molecule has 0 bridgehead atoms. The summed E-state index contributed by atoms with van der Waals surface area (Å²) in [6, 6.07) is 13.7. The number of fused-ring (bicyclic) bond motifs is 1. The van der Waals surface area contributed by atoms with Crippen LogP contribution in [-0.2, 0) is 11.8 Å². The zero-order chi connectivity index (χ0) is 18.5. The lowest BCUT2D eigenvalue weighted by Gasteiger charge is -2.02. The molecule has 1 heterocycles. The van der Waals surface area contributed by atoms with Crippen molar-refractivity contribution < 1.29 is 14.3 Å². The van der Waals surface area contributed by atoms with Crippen molar-refractivity contribution in [3.63, 3.8) is 0 Å². The quantitative estimate of drug-likeness (QED) is 0.602. The number of hydrogen-bond acceptors (Lipinski definition) is 5. The second kappa shape index (κ2) is 8.42. The first-order chi connectivity index (χ1) is 12.6. The molecule has 26 heavy (non-hydrogen) atoms. The van der Waals surface area contributed by atoms with E-state index in [2.05, 4.69) is 4.99 Å². The summed E-state index contributed by atoms with van der Waals surface area (Å²) in [4.78, 5) is 18.3. The van der Waals surface area contributed by atoms with Gasteiger partial charge in [0.25, 0.3) is 0 Å². The van der Waals surface area contributed by atoms with Crippen molar-refractivity contribution in [3.05, 3.63) is 47.3 Å². The summed E-state index contributed by atoms with van der Waals surface area (Å²) in [6.45, 7) is 0. The second-order valence-corrected chi connectivity index (χ2v) is 7.73. The first-order valence-electron chi connectivity index (χ1n) is 8.08. The highest BCUT2D eigenvalue weighted by molar-refractivity contribution is 7.99. The molecule has 1 amide bonds.